The number of nitriles is 1. The van der Waals surface area contributed by atoms with Crippen molar-refractivity contribution in [2.24, 2.45) is 0 Å². The van der Waals surface area contributed by atoms with Crippen LogP contribution < -0.4 is 4.74 Å². The summed E-state index contributed by atoms with van der Waals surface area (Å²) in [6.45, 7) is 0.273. The molecule has 0 spiro atoms. The molecule has 0 heterocycles. The Bertz CT molecular complexity index is 635. The Balaban J connectivity index is 2.20. The van der Waals surface area contributed by atoms with Crippen LogP contribution in [0.5, 0.6) is 5.75 Å². The summed E-state index contributed by atoms with van der Waals surface area (Å²) in [6.07, 6.45) is 0. The molecule has 2 nitrogen and oxygen atoms in total. The Kier molecular flexibility index (Phi) is 4.56. The summed E-state index contributed by atoms with van der Waals surface area (Å²) in [5, 5.41) is 9.08. The lowest BCUT2D eigenvalue weighted by molar-refractivity contribution is 0.303. The van der Waals surface area contributed by atoms with Gasteiger partial charge in [-0.2, -0.15) is 5.26 Å². The molecule has 0 aliphatic carbocycles. The first-order valence-electron chi connectivity index (χ1n) is 5.36. The van der Waals surface area contributed by atoms with Gasteiger partial charge in [-0.1, -0.05) is 28.1 Å². The molecule has 5 heteroatoms. The van der Waals surface area contributed by atoms with Crippen LogP contribution in [0.3, 0.4) is 0 Å². The largest absolute Gasteiger partial charge is 0.486 e. The molecule has 0 saturated heterocycles. The van der Waals surface area contributed by atoms with Crippen molar-refractivity contribution in [2.45, 2.75) is 6.61 Å². The van der Waals surface area contributed by atoms with Gasteiger partial charge in [0.25, 0.3) is 0 Å². The highest BCUT2D eigenvalue weighted by Gasteiger charge is 2.10. The van der Waals surface area contributed by atoms with Gasteiger partial charge in [-0.25, -0.2) is 4.39 Å². The second-order valence-corrected chi connectivity index (χ2v) is 5.56. The monoisotopic (exact) mass is 383 g/mol. The van der Waals surface area contributed by atoms with Gasteiger partial charge in [0.15, 0.2) is 5.75 Å². The zero-order chi connectivity index (χ0) is 13.8. The smallest absolute Gasteiger partial charge is 0.151 e. The molecule has 0 aliphatic heterocycles. The lowest BCUT2D eigenvalue weighted by Gasteiger charge is -2.10. The van der Waals surface area contributed by atoms with Gasteiger partial charge in [0.1, 0.15) is 18.5 Å². The van der Waals surface area contributed by atoms with Crippen LogP contribution in [0.4, 0.5) is 4.39 Å². The number of hydrogen-bond donors (Lipinski definition) is 0. The predicted octanol–water partition coefficient (Wildman–Crippen LogP) is 4.80. The molecule has 0 amide bonds. The number of hydrogen-bond acceptors (Lipinski definition) is 2. The molecule has 0 aliphatic rings. The van der Waals surface area contributed by atoms with Crippen LogP contribution in [0.25, 0.3) is 0 Å². The molecule has 0 bridgehead atoms. The van der Waals surface area contributed by atoms with Crippen LogP contribution in [-0.4, -0.2) is 0 Å². The zero-order valence-electron chi connectivity index (χ0n) is 9.66. The first-order chi connectivity index (χ1) is 9.10. The summed E-state index contributed by atoms with van der Waals surface area (Å²) < 4.78 is 19.9. The van der Waals surface area contributed by atoms with E-state index in [0.29, 0.717) is 15.8 Å². The van der Waals surface area contributed by atoms with Crippen molar-refractivity contribution in [1.82, 2.24) is 0 Å². The van der Waals surface area contributed by atoms with Gasteiger partial charge in [-0.05, 0) is 45.8 Å². The van der Waals surface area contributed by atoms with Crippen molar-refractivity contribution in [3.63, 3.8) is 0 Å². The van der Waals surface area contributed by atoms with Gasteiger partial charge in [-0.3, -0.25) is 0 Å². The molecule has 0 fully saturated rings. The van der Waals surface area contributed by atoms with Gasteiger partial charge < -0.3 is 4.74 Å². The first-order valence-corrected chi connectivity index (χ1v) is 6.95. The molecule has 19 heavy (non-hydrogen) atoms. The van der Waals surface area contributed by atoms with E-state index in [2.05, 4.69) is 37.9 Å². The van der Waals surface area contributed by atoms with Crippen molar-refractivity contribution in [1.29, 1.82) is 5.26 Å². The highest BCUT2D eigenvalue weighted by molar-refractivity contribution is 9.11. The quantitative estimate of drug-likeness (QED) is 0.761. The second kappa shape index (κ2) is 6.18. The molecule has 2 aromatic carbocycles. The normalized spacial score (nSPS) is 10.0. The Morgan fingerprint density at radius 2 is 1.84 bits per heavy atom. The lowest BCUT2D eigenvalue weighted by Crippen LogP contribution is -1.98. The van der Waals surface area contributed by atoms with Crippen molar-refractivity contribution < 1.29 is 9.13 Å². The fourth-order valence-electron chi connectivity index (χ4n) is 1.53. The third-order valence-electron chi connectivity index (χ3n) is 2.43. The summed E-state index contributed by atoms with van der Waals surface area (Å²) in [6, 6.07) is 11.6. The summed E-state index contributed by atoms with van der Waals surface area (Å²) in [4.78, 5) is 0. The zero-order valence-corrected chi connectivity index (χ0v) is 12.8. The molecule has 96 valence electrons. The minimum Gasteiger partial charge on any atom is -0.486 e. The number of nitrogens with zero attached hydrogens (tertiary/aromatic N) is 1. The minimum atomic E-state index is -0.286. The van der Waals surface area contributed by atoms with Crippen LogP contribution >= 0.6 is 31.9 Å². The average Bonchev–Trinajstić information content (AvgIpc) is 2.39. The molecule has 0 unspecified atom stereocenters. The van der Waals surface area contributed by atoms with Gasteiger partial charge in [0.05, 0.1) is 10.0 Å². The maximum atomic E-state index is 12.8. The number of benzene rings is 2. The van der Waals surface area contributed by atoms with Crippen molar-refractivity contribution in [3.8, 4) is 11.8 Å². The molecule has 2 aromatic rings. The molecule has 0 radical (unpaired) electrons. The van der Waals surface area contributed by atoms with E-state index in [9.17, 15) is 4.39 Å². The Morgan fingerprint density at radius 1 is 1.16 bits per heavy atom. The fourth-order valence-corrected chi connectivity index (χ4v) is 2.87. The fraction of sp³-hybridized carbons (Fsp3) is 0.0714. The topological polar surface area (TPSA) is 33.0 Å². The third kappa shape index (κ3) is 3.55. The maximum absolute atomic E-state index is 12.8. The summed E-state index contributed by atoms with van der Waals surface area (Å²) in [7, 11) is 0. The van der Waals surface area contributed by atoms with Crippen LogP contribution in [-0.2, 0) is 6.61 Å². The third-order valence-corrected chi connectivity index (χ3v) is 3.47. The standard InChI is InChI=1S/C14H8Br2FNO/c15-11-5-10(7-18)14(13(16)6-11)19-8-9-1-3-12(17)4-2-9/h1-6H,8H2. The second-order valence-electron chi connectivity index (χ2n) is 3.79. The molecule has 2 rings (SSSR count). The van der Waals surface area contributed by atoms with Crippen LogP contribution in [0.1, 0.15) is 11.1 Å². The number of halogens is 3. The number of ether oxygens (including phenoxy) is 1. The molecule has 0 atom stereocenters. The SMILES string of the molecule is N#Cc1cc(Br)cc(Br)c1OCc1ccc(F)cc1. The Labute approximate surface area is 127 Å². The number of rotatable bonds is 3. The van der Waals surface area contributed by atoms with E-state index < -0.39 is 0 Å². The van der Waals surface area contributed by atoms with E-state index in [1.807, 2.05) is 0 Å². The van der Waals surface area contributed by atoms with E-state index in [0.717, 1.165) is 10.0 Å². The maximum Gasteiger partial charge on any atom is 0.151 e. The molecular weight excluding hydrogens is 377 g/mol. The van der Waals surface area contributed by atoms with Crippen LogP contribution in [0, 0.1) is 17.1 Å². The van der Waals surface area contributed by atoms with Crippen molar-refractivity contribution in [2.75, 3.05) is 0 Å². The van der Waals surface area contributed by atoms with Gasteiger partial charge in [0.2, 0.25) is 0 Å². The van der Waals surface area contributed by atoms with E-state index in [-0.39, 0.29) is 12.4 Å². The minimum absolute atomic E-state index is 0.273. The first kappa shape index (κ1) is 14.0. The van der Waals surface area contributed by atoms with E-state index in [4.69, 9.17) is 10.00 Å². The van der Waals surface area contributed by atoms with E-state index >= 15 is 0 Å². The van der Waals surface area contributed by atoms with Gasteiger partial charge >= 0.3 is 0 Å². The van der Waals surface area contributed by atoms with Crippen molar-refractivity contribution >= 4 is 31.9 Å². The predicted molar refractivity (Wildman–Crippen MR) is 77.3 cm³/mol. The lowest BCUT2D eigenvalue weighted by atomic mass is 10.2. The summed E-state index contributed by atoms with van der Waals surface area (Å²) in [5.41, 5.74) is 1.27. The van der Waals surface area contributed by atoms with Gasteiger partial charge in [-0.15, -0.1) is 0 Å². The van der Waals surface area contributed by atoms with E-state index in [1.54, 1.807) is 24.3 Å². The van der Waals surface area contributed by atoms with Gasteiger partial charge in [0, 0.05) is 4.47 Å². The molecule has 0 saturated carbocycles. The summed E-state index contributed by atoms with van der Waals surface area (Å²) >= 11 is 6.67. The summed E-state index contributed by atoms with van der Waals surface area (Å²) in [5.74, 6) is 0.196. The molecule has 0 N–H and O–H groups in total. The highest BCUT2D eigenvalue weighted by Crippen LogP contribution is 2.33. The van der Waals surface area contributed by atoms with Crippen molar-refractivity contribution in [3.05, 3.63) is 62.3 Å². The van der Waals surface area contributed by atoms with E-state index in [1.165, 1.54) is 12.1 Å². The highest BCUT2D eigenvalue weighted by atomic mass is 79.9. The van der Waals surface area contributed by atoms with Crippen LogP contribution in [0.2, 0.25) is 0 Å². The van der Waals surface area contributed by atoms with Crippen LogP contribution in [0.15, 0.2) is 45.3 Å². The molecule has 0 aromatic heterocycles. The molecular formula is C14H8Br2FNO. The Hall–Kier alpha value is -1.38. The average molecular weight is 385 g/mol. The Morgan fingerprint density at radius 3 is 2.47 bits per heavy atom.